The minimum Gasteiger partial charge on any atom is -0.364 e. The van der Waals surface area contributed by atoms with Gasteiger partial charge in [0.15, 0.2) is 5.96 Å². The number of hydrogen-bond acceptors (Lipinski definition) is 6. The van der Waals surface area contributed by atoms with Gasteiger partial charge in [0.2, 0.25) is 0 Å². The second-order valence-corrected chi connectivity index (χ2v) is 8.95. The van der Waals surface area contributed by atoms with E-state index in [1.54, 1.807) is 6.26 Å². The summed E-state index contributed by atoms with van der Waals surface area (Å²) in [5.74, 6) is 1.05. The molecule has 0 saturated carbocycles. The first-order valence-electron chi connectivity index (χ1n) is 10.9. The second kappa shape index (κ2) is 10.2. The molecule has 0 spiro atoms. The van der Waals surface area contributed by atoms with Crippen molar-refractivity contribution in [2.45, 2.75) is 52.0 Å². The summed E-state index contributed by atoms with van der Waals surface area (Å²) in [4.78, 5) is 16.1. The number of aromatic nitrogens is 2. The van der Waals surface area contributed by atoms with E-state index in [0.29, 0.717) is 0 Å². The first-order valence-corrected chi connectivity index (χ1v) is 11.8. The topological polar surface area (TPSA) is 69.8 Å². The van der Waals surface area contributed by atoms with Crippen molar-refractivity contribution >= 4 is 17.3 Å². The fourth-order valence-corrected chi connectivity index (χ4v) is 5.22. The zero-order chi connectivity index (χ0) is 19.9. The van der Waals surface area contributed by atoms with Crippen LogP contribution in [-0.2, 0) is 25.8 Å². The molecule has 158 valence electrons. The molecular weight excluding hydrogens is 384 g/mol. The Labute approximate surface area is 177 Å². The summed E-state index contributed by atoms with van der Waals surface area (Å²) in [6.07, 6.45) is 8.80. The number of thiazole rings is 1. The van der Waals surface area contributed by atoms with Crippen LogP contribution in [0.25, 0.3) is 0 Å². The Kier molecular flexibility index (Phi) is 7.16. The van der Waals surface area contributed by atoms with Gasteiger partial charge in [0.1, 0.15) is 6.26 Å². The average molecular weight is 417 g/mol. The molecule has 1 saturated heterocycles. The van der Waals surface area contributed by atoms with E-state index in [9.17, 15) is 0 Å². The van der Waals surface area contributed by atoms with Crippen LogP contribution >= 0.6 is 11.3 Å². The van der Waals surface area contributed by atoms with E-state index in [0.717, 1.165) is 70.3 Å². The van der Waals surface area contributed by atoms with E-state index in [1.165, 1.54) is 41.3 Å². The second-order valence-electron chi connectivity index (χ2n) is 7.78. The third-order valence-electron chi connectivity index (χ3n) is 5.58. The fraction of sp³-hybridized carbons (Fsp3) is 0.667. The summed E-state index contributed by atoms with van der Waals surface area (Å²) in [5.41, 5.74) is 2.37. The van der Waals surface area contributed by atoms with Crippen molar-refractivity contribution in [3.63, 3.8) is 0 Å². The molecule has 3 heterocycles. The van der Waals surface area contributed by atoms with Gasteiger partial charge in [0, 0.05) is 63.2 Å². The molecular formula is C21H32N6OS. The molecule has 4 rings (SSSR count). The molecule has 2 aromatic rings. The lowest BCUT2D eigenvalue weighted by molar-refractivity contribution is 0.169. The van der Waals surface area contributed by atoms with Crippen LogP contribution in [0.4, 0.5) is 0 Å². The molecule has 0 atom stereocenters. The lowest BCUT2D eigenvalue weighted by atomic mass is 10.0. The first-order chi connectivity index (χ1) is 14.3. The Hall–Kier alpha value is -1.93. The van der Waals surface area contributed by atoms with E-state index in [-0.39, 0.29) is 0 Å². The Morgan fingerprint density at radius 2 is 2.10 bits per heavy atom. The molecule has 29 heavy (non-hydrogen) atoms. The van der Waals surface area contributed by atoms with Gasteiger partial charge in [0.05, 0.1) is 16.4 Å². The smallest absolute Gasteiger partial charge is 0.194 e. The van der Waals surface area contributed by atoms with Crippen molar-refractivity contribution in [2.24, 2.45) is 4.99 Å². The van der Waals surface area contributed by atoms with Gasteiger partial charge in [-0.05, 0) is 39.0 Å². The lowest BCUT2D eigenvalue weighted by Gasteiger charge is -2.36. The van der Waals surface area contributed by atoms with E-state index in [4.69, 9.17) is 14.5 Å². The van der Waals surface area contributed by atoms with Gasteiger partial charge >= 0.3 is 0 Å². The van der Waals surface area contributed by atoms with E-state index in [1.807, 2.05) is 17.4 Å². The minimum absolute atomic E-state index is 0.853. The number of nitrogens with zero attached hydrogens (tertiary/aromatic N) is 5. The zero-order valence-electron chi connectivity index (χ0n) is 17.4. The van der Waals surface area contributed by atoms with Gasteiger partial charge in [-0.25, -0.2) is 4.98 Å². The third kappa shape index (κ3) is 5.57. The zero-order valence-corrected chi connectivity index (χ0v) is 18.2. The van der Waals surface area contributed by atoms with Crippen molar-refractivity contribution in [1.29, 1.82) is 0 Å². The highest BCUT2D eigenvalue weighted by atomic mass is 32.1. The summed E-state index contributed by atoms with van der Waals surface area (Å²) in [7, 11) is 0. The maximum Gasteiger partial charge on any atom is 0.194 e. The molecule has 2 aromatic heterocycles. The minimum atomic E-state index is 0.853. The number of rotatable bonds is 7. The third-order valence-corrected chi connectivity index (χ3v) is 6.80. The monoisotopic (exact) mass is 416 g/mol. The maximum atomic E-state index is 4.94. The standard InChI is InChI=1S/C21H32N6OS/c1-2-22-21(27-13-11-26(12-14-27)16-17-9-15-28-25-17)23-10-5-8-20-24-18-6-3-4-7-19(18)29-20/h9,15H,2-8,10-14,16H2,1H3,(H,22,23). The van der Waals surface area contributed by atoms with Gasteiger partial charge in [-0.1, -0.05) is 5.16 Å². The molecule has 1 aliphatic carbocycles. The number of guanidine groups is 1. The highest BCUT2D eigenvalue weighted by Crippen LogP contribution is 2.27. The molecule has 8 heteroatoms. The average Bonchev–Trinajstić information content (AvgIpc) is 3.40. The van der Waals surface area contributed by atoms with Crippen molar-refractivity contribution < 1.29 is 4.52 Å². The van der Waals surface area contributed by atoms with Gasteiger partial charge < -0.3 is 14.7 Å². The van der Waals surface area contributed by atoms with E-state index >= 15 is 0 Å². The molecule has 1 N–H and O–H groups in total. The molecule has 1 fully saturated rings. The van der Waals surface area contributed by atoms with E-state index < -0.39 is 0 Å². The number of aryl methyl sites for hydroxylation is 3. The van der Waals surface area contributed by atoms with Crippen LogP contribution < -0.4 is 5.32 Å². The van der Waals surface area contributed by atoms with Gasteiger partial charge in [-0.2, -0.15) is 0 Å². The summed E-state index contributed by atoms with van der Waals surface area (Å²) >= 11 is 1.93. The largest absolute Gasteiger partial charge is 0.364 e. The number of hydrogen-bond donors (Lipinski definition) is 1. The number of nitrogens with one attached hydrogen (secondary N) is 1. The van der Waals surface area contributed by atoms with Crippen molar-refractivity contribution in [3.8, 4) is 0 Å². The summed E-state index contributed by atoms with van der Waals surface area (Å²) < 4.78 is 4.94. The molecule has 7 nitrogen and oxygen atoms in total. The van der Waals surface area contributed by atoms with Crippen LogP contribution in [-0.4, -0.2) is 65.2 Å². The quantitative estimate of drug-likeness (QED) is 0.425. The molecule has 0 radical (unpaired) electrons. The maximum absolute atomic E-state index is 4.94. The van der Waals surface area contributed by atoms with Crippen molar-refractivity contribution in [3.05, 3.63) is 33.6 Å². The predicted molar refractivity (Wildman–Crippen MR) is 116 cm³/mol. The van der Waals surface area contributed by atoms with Crippen LogP contribution in [0.15, 0.2) is 21.8 Å². The number of fused-ring (bicyclic) bond motifs is 1. The van der Waals surface area contributed by atoms with Crippen LogP contribution in [0.5, 0.6) is 0 Å². The van der Waals surface area contributed by atoms with Gasteiger partial charge in [-0.15, -0.1) is 11.3 Å². The van der Waals surface area contributed by atoms with Crippen molar-refractivity contribution in [2.75, 3.05) is 39.3 Å². The number of aliphatic imine (C=N–C) groups is 1. The highest BCUT2D eigenvalue weighted by Gasteiger charge is 2.20. The summed E-state index contributed by atoms with van der Waals surface area (Å²) in [5, 5.41) is 8.79. The highest BCUT2D eigenvalue weighted by molar-refractivity contribution is 7.11. The van der Waals surface area contributed by atoms with Crippen LogP contribution in [0.1, 0.15) is 47.5 Å². The Morgan fingerprint density at radius 1 is 1.24 bits per heavy atom. The van der Waals surface area contributed by atoms with Gasteiger partial charge in [0.25, 0.3) is 0 Å². The van der Waals surface area contributed by atoms with Gasteiger partial charge in [-0.3, -0.25) is 9.89 Å². The molecule has 1 aliphatic heterocycles. The molecule has 0 bridgehead atoms. The van der Waals surface area contributed by atoms with Crippen molar-refractivity contribution in [1.82, 2.24) is 25.3 Å². The Morgan fingerprint density at radius 3 is 2.86 bits per heavy atom. The van der Waals surface area contributed by atoms with Crippen LogP contribution in [0, 0.1) is 0 Å². The van der Waals surface area contributed by atoms with E-state index in [2.05, 4.69) is 27.2 Å². The van der Waals surface area contributed by atoms with Crippen LogP contribution in [0.3, 0.4) is 0 Å². The SMILES string of the molecule is CCNC(=NCCCc1nc2c(s1)CCCC2)N1CCN(Cc2ccon2)CC1. The molecule has 0 unspecified atom stereocenters. The lowest BCUT2D eigenvalue weighted by Crippen LogP contribution is -2.52. The Balaban J connectivity index is 1.24. The fourth-order valence-electron chi connectivity index (χ4n) is 4.02. The molecule has 0 aromatic carbocycles. The molecule has 0 amide bonds. The first kappa shape index (κ1) is 20.3. The molecule has 2 aliphatic rings. The normalized spacial score (nSPS) is 18.1. The summed E-state index contributed by atoms with van der Waals surface area (Å²) in [6.45, 7) is 8.75. The van der Waals surface area contributed by atoms with Crippen LogP contribution in [0.2, 0.25) is 0 Å². The number of piperazine rings is 1. The summed E-state index contributed by atoms with van der Waals surface area (Å²) in [6, 6.07) is 1.94. The predicted octanol–water partition coefficient (Wildman–Crippen LogP) is 2.73. The Bertz CT molecular complexity index is 756.